The highest BCUT2D eigenvalue weighted by Crippen LogP contribution is 2.27. The third kappa shape index (κ3) is 6.71. The fourth-order valence-electron chi connectivity index (χ4n) is 3.14. The van der Waals surface area contributed by atoms with Gasteiger partial charge in [-0.1, -0.05) is 60.1 Å². The molecule has 0 fully saturated rings. The van der Waals surface area contributed by atoms with Crippen molar-refractivity contribution in [3.63, 3.8) is 0 Å². The van der Waals surface area contributed by atoms with Crippen LogP contribution in [0.4, 0.5) is 18.9 Å². The Morgan fingerprint density at radius 3 is 2.26 bits per heavy atom. The van der Waals surface area contributed by atoms with Crippen molar-refractivity contribution in [3.05, 3.63) is 106 Å². The Morgan fingerprint density at radius 1 is 1.00 bits per heavy atom. The van der Waals surface area contributed by atoms with Gasteiger partial charge in [-0.05, 0) is 54.0 Å². The van der Waals surface area contributed by atoms with E-state index >= 15 is 0 Å². The highest BCUT2D eigenvalue weighted by Gasteiger charge is 2.33. The molecule has 3 aromatic rings. The highest BCUT2D eigenvalue weighted by atomic mass is 35.5. The zero-order valence-corrected chi connectivity index (χ0v) is 19.0. The summed E-state index contributed by atoms with van der Waals surface area (Å²) in [6.07, 6.45) is -3.56. The van der Waals surface area contributed by atoms with E-state index in [4.69, 9.17) is 21.7 Å². The van der Waals surface area contributed by atoms with Crippen LogP contribution in [0.1, 0.15) is 27.0 Å². The van der Waals surface area contributed by atoms with Crippen LogP contribution in [0.25, 0.3) is 5.70 Å². The van der Waals surface area contributed by atoms with Gasteiger partial charge >= 0.3 is 12.1 Å². The van der Waals surface area contributed by atoms with E-state index < -0.39 is 17.9 Å². The second-order valence-electron chi connectivity index (χ2n) is 7.46. The van der Waals surface area contributed by atoms with E-state index in [0.29, 0.717) is 28.8 Å². The van der Waals surface area contributed by atoms with E-state index in [1.807, 2.05) is 31.2 Å². The monoisotopic (exact) mass is 486 g/mol. The number of esters is 1. The zero-order valence-electron chi connectivity index (χ0n) is 18.2. The van der Waals surface area contributed by atoms with Crippen molar-refractivity contribution in [1.82, 2.24) is 0 Å². The number of carbonyl (C=O) groups excluding carboxylic acids is 1. The SMILES string of the molecule is Cc1ccccc1CCOC(=O)c1ccc(/C(=C/C(=N)C(F)(F)F)Nc2ccccc2Cl)cc1. The van der Waals surface area contributed by atoms with Crippen LogP contribution in [-0.2, 0) is 11.2 Å². The number of alkyl halides is 3. The predicted molar refractivity (Wildman–Crippen MR) is 128 cm³/mol. The van der Waals surface area contributed by atoms with Crippen LogP contribution < -0.4 is 5.32 Å². The number of aryl methyl sites for hydroxylation is 1. The quantitative estimate of drug-likeness (QED) is 0.264. The van der Waals surface area contributed by atoms with Gasteiger partial charge in [0.2, 0.25) is 0 Å². The fraction of sp³-hybridized carbons (Fsp3) is 0.154. The van der Waals surface area contributed by atoms with E-state index in [0.717, 1.165) is 11.1 Å². The summed E-state index contributed by atoms with van der Waals surface area (Å²) in [6, 6.07) is 20.3. The summed E-state index contributed by atoms with van der Waals surface area (Å²) < 4.78 is 44.3. The minimum absolute atomic E-state index is 0.00916. The van der Waals surface area contributed by atoms with Crippen molar-refractivity contribution >= 4 is 34.7 Å². The summed E-state index contributed by atoms with van der Waals surface area (Å²) in [5.74, 6) is -0.534. The van der Waals surface area contributed by atoms with Crippen LogP contribution in [0.3, 0.4) is 0 Å². The molecule has 0 bridgehead atoms. The summed E-state index contributed by atoms with van der Waals surface area (Å²) in [5.41, 5.74) is 1.65. The molecule has 0 radical (unpaired) electrons. The topological polar surface area (TPSA) is 62.2 Å². The van der Waals surface area contributed by atoms with E-state index in [1.54, 1.807) is 24.3 Å². The van der Waals surface area contributed by atoms with Gasteiger partial charge in [0.15, 0.2) is 0 Å². The molecule has 0 aliphatic rings. The molecule has 0 heterocycles. The van der Waals surface area contributed by atoms with Crippen LogP contribution in [0, 0.1) is 12.3 Å². The van der Waals surface area contributed by atoms with Crippen molar-refractivity contribution in [2.45, 2.75) is 19.5 Å². The molecule has 3 rings (SSSR count). The molecule has 0 spiro atoms. The molecule has 4 nitrogen and oxygen atoms in total. The van der Waals surface area contributed by atoms with Gasteiger partial charge in [-0.25, -0.2) is 4.79 Å². The lowest BCUT2D eigenvalue weighted by atomic mass is 10.1. The van der Waals surface area contributed by atoms with Gasteiger partial charge in [-0.15, -0.1) is 0 Å². The number of rotatable bonds is 8. The maximum atomic E-state index is 13.0. The van der Waals surface area contributed by atoms with Crippen molar-refractivity contribution < 1.29 is 22.7 Å². The van der Waals surface area contributed by atoms with Gasteiger partial charge in [0.1, 0.15) is 5.71 Å². The maximum absolute atomic E-state index is 13.0. The molecule has 0 aliphatic carbocycles. The minimum atomic E-state index is -4.81. The molecule has 34 heavy (non-hydrogen) atoms. The smallest absolute Gasteiger partial charge is 0.432 e. The Morgan fingerprint density at radius 2 is 1.62 bits per heavy atom. The van der Waals surface area contributed by atoms with Crippen LogP contribution in [-0.4, -0.2) is 24.5 Å². The lowest BCUT2D eigenvalue weighted by molar-refractivity contribution is -0.0583. The average molecular weight is 487 g/mol. The number of hydrogen-bond donors (Lipinski definition) is 2. The van der Waals surface area contributed by atoms with E-state index in [-0.39, 0.29) is 17.9 Å². The van der Waals surface area contributed by atoms with Gasteiger partial charge < -0.3 is 10.1 Å². The first-order valence-electron chi connectivity index (χ1n) is 10.4. The number of hydrogen-bond acceptors (Lipinski definition) is 4. The van der Waals surface area contributed by atoms with Gasteiger partial charge in [0.05, 0.1) is 22.9 Å². The molecular formula is C26H22ClF3N2O2. The van der Waals surface area contributed by atoms with Gasteiger partial charge in [-0.3, -0.25) is 5.41 Å². The summed E-state index contributed by atoms with van der Waals surface area (Å²) in [6.45, 7) is 2.18. The van der Waals surface area contributed by atoms with Gasteiger partial charge in [-0.2, -0.15) is 13.2 Å². The molecule has 0 saturated heterocycles. The zero-order chi connectivity index (χ0) is 24.7. The molecule has 176 valence electrons. The standard InChI is InChI=1S/C26H22ClF3N2O2/c1-17-6-2-3-7-18(17)14-15-34-25(33)20-12-10-19(11-13-20)23(16-24(31)26(28,29)30)32-22-9-5-4-8-21(22)27/h2-13,16,31-32H,14-15H2,1H3/b23-16-,31-24?. The summed E-state index contributed by atoms with van der Waals surface area (Å²) in [5, 5.41) is 10.5. The summed E-state index contributed by atoms with van der Waals surface area (Å²) in [7, 11) is 0. The second-order valence-corrected chi connectivity index (χ2v) is 7.87. The number of anilines is 1. The molecule has 0 amide bonds. The lowest BCUT2D eigenvalue weighted by Gasteiger charge is -2.15. The van der Waals surface area contributed by atoms with Crippen LogP contribution in [0.5, 0.6) is 0 Å². The second kappa shape index (κ2) is 11.0. The summed E-state index contributed by atoms with van der Waals surface area (Å²) >= 11 is 6.12. The number of nitrogens with one attached hydrogen (secondary N) is 2. The third-order valence-corrected chi connectivity index (χ3v) is 5.36. The molecule has 2 N–H and O–H groups in total. The maximum Gasteiger partial charge on any atom is 0.432 e. The molecule has 3 aromatic carbocycles. The Labute approximate surface area is 200 Å². The van der Waals surface area contributed by atoms with E-state index in [9.17, 15) is 18.0 Å². The molecule has 0 aliphatic heterocycles. The first-order chi connectivity index (χ1) is 16.1. The number of para-hydroxylation sites is 1. The highest BCUT2D eigenvalue weighted by molar-refractivity contribution is 6.33. The van der Waals surface area contributed by atoms with Crippen molar-refractivity contribution in [1.29, 1.82) is 5.41 Å². The van der Waals surface area contributed by atoms with Gasteiger partial charge in [0, 0.05) is 12.1 Å². The Hall–Kier alpha value is -3.58. The van der Waals surface area contributed by atoms with Crippen molar-refractivity contribution in [2.75, 3.05) is 11.9 Å². The van der Waals surface area contributed by atoms with Crippen molar-refractivity contribution in [2.24, 2.45) is 0 Å². The first kappa shape index (κ1) is 25.1. The molecular weight excluding hydrogens is 465 g/mol. The minimum Gasteiger partial charge on any atom is -0.462 e. The number of ether oxygens (including phenoxy) is 1. The number of benzene rings is 3. The number of carbonyl (C=O) groups is 1. The predicted octanol–water partition coefficient (Wildman–Crippen LogP) is 7.08. The van der Waals surface area contributed by atoms with E-state index in [2.05, 4.69) is 5.32 Å². The average Bonchev–Trinajstić information content (AvgIpc) is 2.80. The molecule has 8 heteroatoms. The Bertz CT molecular complexity index is 1210. The Balaban J connectivity index is 1.75. The molecule has 0 unspecified atom stereocenters. The van der Waals surface area contributed by atoms with Gasteiger partial charge in [0.25, 0.3) is 0 Å². The first-order valence-corrected chi connectivity index (χ1v) is 10.7. The van der Waals surface area contributed by atoms with Crippen LogP contribution >= 0.6 is 11.6 Å². The lowest BCUT2D eigenvalue weighted by Crippen LogP contribution is -2.20. The molecule has 0 atom stereocenters. The van der Waals surface area contributed by atoms with Crippen molar-refractivity contribution in [3.8, 4) is 0 Å². The molecule has 0 aromatic heterocycles. The van der Waals surface area contributed by atoms with E-state index in [1.165, 1.54) is 24.3 Å². The normalized spacial score (nSPS) is 11.7. The van der Waals surface area contributed by atoms with Crippen LogP contribution in [0.2, 0.25) is 5.02 Å². The molecule has 0 saturated carbocycles. The Kier molecular flexibility index (Phi) is 8.12. The summed E-state index contributed by atoms with van der Waals surface area (Å²) in [4.78, 5) is 12.4. The number of halogens is 4. The van der Waals surface area contributed by atoms with Crippen LogP contribution in [0.15, 0.2) is 78.9 Å². The fourth-order valence-corrected chi connectivity index (χ4v) is 3.32. The third-order valence-electron chi connectivity index (χ3n) is 5.03. The largest absolute Gasteiger partial charge is 0.462 e. The number of allylic oxidation sites excluding steroid dienone is 1.